The molecule has 0 radical (unpaired) electrons. The van der Waals surface area contributed by atoms with E-state index >= 15 is 0 Å². The number of hydrogen-bond acceptors (Lipinski definition) is 2. The Balaban J connectivity index is 1.67. The van der Waals surface area contributed by atoms with Crippen molar-refractivity contribution in [3.8, 4) is 0 Å². The van der Waals surface area contributed by atoms with Gasteiger partial charge in [0, 0.05) is 6.04 Å². The molecule has 0 heterocycles. The van der Waals surface area contributed by atoms with Gasteiger partial charge in [0.1, 0.15) is 5.60 Å². The van der Waals surface area contributed by atoms with E-state index in [9.17, 15) is 5.11 Å². The van der Waals surface area contributed by atoms with Crippen LogP contribution in [0.15, 0.2) is 115 Å². The Morgan fingerprint density at radius 2 is 1.03 bits per heavy atom. The number of rotatable bonds is 5. The third-order valence-corrected chi connectivity index (χ3v) is 6.21. The van der Waals surface area contributed by atoms with Gasteiger partial charge >= 0.3 is 0 Å². The lowest BCUT2D eigenvalue weighted by Crippen LogP contribution is -2.47. The van der Waals surface area contributed by atoms with Crippen LogP contribution in [-0.4, -0.2) is 11.1 Å². The summed E-state index contributed by atoms with van der Waals surface area (Å²) in [7, 11) is 0. The van der Waals surface area contributed by atoms with Gasteiger partial charge in [0.05, 0.1) is 0 Å². The number of fused-ring (bicyclic) bond motifs is 2. The first-order chi connectivity index (χ1) is 15.1. The molecule has 0 fully saturated rings. The Labute approximate surface area is 182 Å². The van der Waals surface area contributed by atoms with Crippen LogP contribution in [0.2, 0.25) is 0 Å². The molecule has 2 heteroatoms. The summed E-state index contributed by atoms with van der Waals surface area (Å²) in [6.07, 6.45) is 0.566. The van der Waals surface area contributed by atoms with Gasteiger partial charge in [-0.25, -0.2) is 0 Å². The molecule has 0 aliphatic heterocycles. The van der Waals surface area contributed by atoms with E-state index in [-0.39, 0.29) is 0 Å². The molecule has 0 aromatic heterocycles. The lowest BCUT2D eigenvalue weighted by molar-refractivity contribution is 0.0519. The standard InChI is InChI=1S/C29H25NO/c30-28(18-21-8-2-1-3-9-21)29(31,26-16-14-22-10-4-6-12-24(22)19-26)27-17-15-23-11-5-7-13-25(23)20-27/h1-17,19-20,28,31H,18,30H2. The largest absolute Gasteiger partial charge is 0.379 e. The Kier molecular flexibility index (Phi) is 5.03. The van der Waals surface area contributed by atoms with Crippen molar-refractivity contribution in [3.63, 3.8) is 0 Å². The van der Waals surface area contributed by atoms with Gasteiger partial charge in [-0.05, 0) is 56.8 Å². The fraction of sp³-hybridized carbons (Fsp3) is 0.103. The molecular formula is C29H25NO. The summed E-state index contributed by atoms with van der Waals surface area (Å²) in [5, 5.41) is 16.7. The van der Waals surface area contributed by atoms with Crippen molar-refractivity contribution in [2.75, 3.05) is 0 Å². The Hall–Kier alpha value is -3.46. The van der Waals surface area contributed by atoms with Gasteiger partial charge in [-0.2, -0.15) is 0 Å². The average molecular weight is 404 g/mol. The molecule has 0 amide bonds. The third kappa shape index (κ3) is 3.61. The molecule has 0 aliphatic rings. The average Bonchev–Trinajstić information content (AvgIpc) is 2.83. The summed E-state index contributed by atoms with van der Waals surface area (Å²) < 4.78 is 0. The molecule has 1 atom stereocenters. The molecule has 2 nitrogen and oxygen atoms in total. The summed E-state index contributed by atoms with van der Waals surface area (Å²) in [5.41, 5.74) is 8.18. The van der Waals surface area contributed by atoms with Gasteiger partial charge in [0.15, 0.2) is 0 Å². The van der Waals surface area contributed by atoms with E-state index in [1.807, 2.05) is 54.6 Å². The molecule has 0 spiro atoms. The molecule has 5 aromatic carbocycles. The zero-order valence-electron chi connectivity index (χ0n) is 17.3. The summed E-state index contributed by atoms with van der Waals surface area (Å²) in [6, 6.07) is 38.3. The number of hydrogen-bond donors (Lipinski definition) is 2. The van der Waals surface area contributed by atoms with E-state index in [2.05, 4.69) is 60.7 Å². The highest BCUT2D eigenvalue weighted by Gasteiger charge is 2.38. The third-order valence-electron chi connectivity index (χ3n) is 6.21. The van der Waals surface area contributed by atoms with Crippen molar-refractivity contribution in [2.45, 2.75) is 18.1 Å². The second-order valence-corrected chi connectivity index (χ2v) is 8.19. The second-order valence-electron chi connectivity index (χ2n) is 8.19. The Morgan fingerprint density at radius 3 is 1.55 bits per heavy atom. The quantitative estimate of drug-likeness (QED) is 0.390. The van der Waals surface area contributed by atoms with Crippen LogP contribution in [-0.2, 0) is 12.0 Å². The SMILES string of the molecule is NC(Cc1ccccc1)C(O)(c1ccc2ccccc2c1)c1ccc2ccccc2c1. The van der Waals surface area contributed by atoms with E-state index in [1.165, 1.54) is 0 Å². The zero-order valence-corrected chi connectivity index (χ0v) is 17.3. The minimum absolute atomic E-state index is 0.516. The van der Waals surface area contributed by atoms with E-state index in [1.54, 1.807) is 0 Å². The van der Waals surface area contributed by atoms with E-state index in [4.69, 9.17) is 5.73 Å². The highest BCUT2D eigenvalue weighted by molar-refractivity contribution is 5.85. The maximum Gasteiger partial charge on any atom is 0.130 e. The Morgan fingerprint density at radius 1 is 0.581 bits per heavy atom. The molecule has 0 saturated heterocycles. The molecule has 0 bridgehead atoms. The molecule has 152 valence electrons. The van der Waals surface area contributed by atoms with Gasteiger partial charge in [-0.15, -0.1) is 0 Å². The number of nitrogens with two attached hydrogens (primary N) is 1. The van der Waals surface area contributed by atoms with Gasteiger partial charge in [-0.1, -0.05) is 103 Å². The van der Waals surface area contributed by atoms with Crippen LogP contribution in [0.25, 0.3) is 21.5 Å². The molecule has 31 heavy (non-hydrogen) atoms. The highest BCUT2D eigenvalue weighted by Crippen LogP contribution is 2.36. The first-order valence-electron chi connectivity index (χ1n) is 10.6. The van der Waals surface area contributed by atoms with Crippen LogP contribution in [0.3, 0.4) is 0 Å². The van der Waals surface area contributed by atoms with Crippen molar-refractivity contribution in [2.24, 2.45) is 5.73 Å². The van der Waals surface area contributed by atoms with Gasteiger partial charge in [0.25, 0.3) is 0 Å². The molecule has 0 saturated carbocycles. The summed E-state index contributed by atoms with van der Waals surface area (Å²) in [6.45, 7) is 0. The molecule has 5 rings (SSSR count). The minimum Gasteiger partial charge on any atom is -0.379 e. The van der Waals surface area contributed by atoms with Crippen LogP contribution in [0, 0.1) is 0 Å². The maximum atomic E-state index is 12.3. The van der Waals surface area contributed by atoms with Gasteiger partial charge in [-0.3, -0.25) is 0 Å². The highest BCUT2D eigenvalue weighted by atomic mass is 16.3. The fourth-order valence-electron chi connectivity index (χ4n) is 4.46. The lowest BCUT2D eigenvalue weighted by Gasteiger charge is -2.36. The predicted octanol–water partition coefficient (Wildman–Crippen LogP) is 5.80. The second kappa shape index (κ2) is 7.99. The van der Waals surface area contributed by atoms with Crippen molar-refractivity contribution in [1.82, 2.24) is 0 Å². The van der Waals surface area contributed by atoms with Crippen molar-refractivity contribution < 1.29 is 5.11 Å². The normalized spacial score (nSPS) is 12.8. The summed E-state index contributed by atoms with van der Waals surface area (Å²) >= 11 is 0. The van der Waals surface area contributed by atoms with E-state index in [0.717, 1.165) is 38.2 Å². The van der Waals surface area contributed by atoms with Crippen LogP contribution < -0.4 is 5.73 Å². The number of aliphatic hydroxyl groups is 1. The number of benzene rings is 5. The minimum atomic E-state index is -1.33. The van der Waals surface area contributed by atoms with E-state index < -0.39 is 11.6 Å². The molecule has 5 aromatic rings. The molecule has 1 unspecified atom stereocenters. The molecular weight excluding hydrogens is 378 g/mol. The van der Waals surface area contributed by atoms with E-state index in [0.29, 0.717) is 6.42 Å². The fourth-order valence-corrected chi connectivity index (χ4v) is 4.46. The first-order valence-corrected chi connectivity index (χ1v) is 10.6. The predicted molar refractivity (Wildman–Crippen MR) is 129 cm³/mol. The van der Waals surface area contributed by atoms with Crippen LogP contribution in [0.4, 0.5) is 0 Å². The smallest absolute Gasteiger partial charge is 0.130 e. The topological polar surface area (TPSA) is 46.2 Å². The van der Waals surface area contributed by atoms with Gasteiger partial charge in [0.2, 0.25) is 0 Å². The summed E-state index contributed by atoms with van der Waals surface area (Å²) in [5.74, 6) is 0. The van der Waals surface area contributed by atoms with Gasteiger partial charge < -0.3 is 10.8 Å². The molecule has 3 N–H and O–H groups in total. The van der Waals surface area contributed by atoms with Crippen molar-refractivity contribution in [3.05, 3.63) is 132 Å². The van der Waals surface area contributed by atoms with Crippen molar-refractivity contribution >= 4 is 21.5 Å². The maximum absolute atomic E-state index is 12.3. The van der Waals surface area contributed by atoms with Crippen LogP contribution >= 0.6 is 0 Å². The first kappa shape index (κ1) is 19.5. The molecule has 0 aliphatic carbocycles. The monoisotopic (exact) mass is 403 g/mol. The Bertz CT molecular complexity index is 1260. The van der Waals surface area contributed by atoms with Crippen LogP contribution in [0.5, 0.6) is 0 Å². The van der Waals surface area contributed by atoms with Crippen LogP contribution in [0.1, 0.15) is 16.7 Å². The summed E-state index contributed by atoms with van der Waals surface area (Å²) in [4.78, 5) is 0. The lowest BCUT2D eigenvalue weighted by atomic mass is 9.77. The zero-order chi connectivity index (χ0) is 21.3. The van der Waals surface area contributed by atoms with Crippen molar-refractivity contribution in [1.29, 1.82) is 0 Å².